The number of carbonyl (C=O) groups excluding carboxylic acids is 1. The number of sulfone groups is 1. The van der Waals surface area contributed by atoms with Gasteiger partial charge in [-0.05, 0) is 62.4 Å². The lowest BCUT2D eigenvalue weighted by molar-refractivity contribution is -0.135. The van der Waals surface area contributed by atoms with E-state index in [0.29, 0.717) is 19.1 Å². The van der Waals surface area contributed by atoms with Crippen LogP contribution in [0.2, 0.25) is 0 Å². The van der Waals surface area contributed by atoms with Gasteiger partial charge in [-0.15, -0.1) is 12.4 Å². The Morgan fingerprint density at radius 3 is 2.33 bits per heavy atom. The molecule has 1 unspecified atom stereocenters. The summed E-state index contributed by atoms with van der Waals surface area (Å²) >= 11 is 0. The van der Waals surface area contributed by atoms with Gasteiger partial charge < -0.3 is 10.2 Å². The van der Waals surface area contributed by atoms with E-state index in [9.17, 15) is 17.6 Å². The third-order valence-electron chi connectivity index (χ3n) is 5.26. The zero-order valence-corrected chi connectivity index (χ0v) is 17.2. The Morgan fingerprint density at radius 2 is 1.78 bits per heavy atom. The van der Waals surface area contributed by atoms with Gasteiger partial charge >= 0.3 is 0 Å². The largest absolute Gasteiger partial charge is 0.342 e. The molecule has 1 aliphatic heterocycles. The third kappa shape index (κ3) is 6.16. The molecule has 1 saturated heterocycles. The molecule has 2 aliphatic rings. The summed E-state index contributed by atoms with van der Waals surface area (Å²) in [4.78, 5) is 14.5. The Kier molecular flexibility index (Phi) is 7.65. The van der Waals surface area contributed by atoms with E-state index < -0.39 is 21.6 Å². The summed E-state index contributed by atoms with van der Waals surface area (Å²) in [6.07, 6.45) is 4.47. The van der Waals surface area contributed by atoms with Crippen molar-refractivity contribution in [3.05, 3.63) is 30.1 Å². The summed E-state index contributed by atoms with van der Waals surface area (Å²) in [7, 11) is -3.61. The number of nitrogens with zero attached hydrogens (tertiary/aromatic N) is 1. The molecule has 1 N–H and O–H groups in total. The highest BCUT2D eigenvalue weighted by molar-refractivity contribution is 7.91. The van der Waals surface area contributed by atoms with Crippen molar-refractivity contribution in [1.29, 1.82) is 0 Å². The van der Waals surface area contributed by atoms with Crippen LogP contribution in [0.15, 0.2) is 29.2 Å². The quantitative estimate of drug-likeness (QED) is 0.691. The predicted octanol–water partition coefficient (Wildman–Crippen LogP) is 2.65. The highest BCUT2D eigenvalue weighted by atomic mass is 35.5. The van der Waals surface area contributed by atoms with Crippen LogP contribution in [-0.4, -0.2) is 50.7 Å². The summed E-state index contributed by atoms with van der Waals surface area (Å²) in [6.45, 7) is 4.07. The fraction of sp³-hybridized carbons (Fsp3) is 0.632. The number of likely N-dealkylation sites (tertiary alicyclic amines) is 1. The molecule has 5 nitrogen and oxygen atoms in total. The van der Waals surface area contributed by atoms with Crippen molar-refractivity contribution in [3.63, 3.8) is 0 Å². The second kappa shape index (κ2) is 9.34. The second-order valence-corrected chi connectivity index (χ2v) is 9.62. The highest BCUT2D eigenvalue weighted by Crippen LogP contribution is 2.28. The Hall–Kier alpha value is -1.18. The van der Waals surface area contributed by atoms with Crippen molar-refractivity contribution in [1.82, 2.24) is 10.2 Å². The average Bonchev–Trinajstić information content (AvgIpc) is 3.44. The van der Waals surface area contributed by atoms with Crippen molar-refractivity contribution in [2.45, 2.75) is 43.5 Å². The summed E-state index contributed by atoms with van der Waals surface area (Å²) < 4.78 is 37.9. The van der Waals surface area contributed by atoms with Crippen molar-refractivity contribution in [3.8, 4) is 0 Å². The second-order valence-electron chi connectivity index (χ2n) is 7.59. The molecule has 0 spiro atoms. The van der Waals surface area contributed by atoms with Gasteiger partial charge in [0, 0.05) is 25.0 Å². The number of carbonyl (C=O) groups is 1. The molecule has 1 atom stereocenters. The van der Waals surface area contributed by atoms with Gasteiger partial charge in [-0.3, -0.25) is 4.79 Å². The molecule has 1 heterocycles. The molecule has 3 rings (SSSR count). The van der Waals surface area contributed by atoms with E-state index in [1.54, 1.807) is 11.8 Å². The molecule has 27 heavy (non-hydrogen) atoms. The van der Waals surface area contributed by atoms with E-state index in [0.717, 1.165) is 37.4 Å². The fourth-order valence-electron chi connectivity index (χ4n) is 3.41. The van der Waals surface area contributed by atoms with Gasteiger partial charge in [-0.25, -0.2) is 12.8 Å². The first-order chi connectivity index (χ1) is 12.3. The fourth-order valence-corrected chi connectivity index (χ4v) is 4.95. The maximum atomic E-state index is 13.0. The van der Waals surface area contributed by atoms with Gasteiger partial charge in [0.2, 0.25) is 5.91 Å². The minimum Gasteiger partial charge on any atom is -0.342 e. The Morgan fingerprint density at radius 1 is 1.19 bits per heavy atom. The SMILES string of the molecule is CC(CS(=O)(=O)c1ccc(F)cc1)C(=O)N1CCC(NCC2CC2)CC1.Cl. The first-order valence-corrected chi connectivity index (χ1v) is 11.0. The maximum absolute atomic E-state index is 13.0. The van der Waals surface area contributed by atoms with Crippen LogP contribution in [0.5, 0.6) is 0 Å². The molecule has 1 aliphatic carbocycles. The lowest BCUT2D eigenvalue weighted by Crippen LogP contribution is -2.47. The van der Waals surface area contributed by atoms with Crippen LogP contribution in [0, 0.1) is 17.7 Å². The number of halogens is 2. The molecule has 152 valence electrons. The molecule has 0 aromatic heterocycles. The van der Waals surface area contributed by atoms with Crippen LogP contribution in [-0.2, 0) is 14.6 Å². The number of benzene rings is 1. The van der Waals surface area contributed by atoms with E-state index >= 15 is 0 Å². The molecule has 1 amide bonds. The van der Waals surface area contributed by atoms with E-state index in [1.165, 1.54) is 25.0 Å². The molecule has 8 heteroatoms. The Labute approximate surface area is 167 Å². The van der Waals surface area contributed by atoms with Gasteiger partial charge in [0.25, 0.3) is 0 Å². The van der Waals surface area contributed by atoms with Crippen LogP contribution < -0.4 is 5.32 Å². The van der Waals surface area contributed by atoms with Crippen LogP contribution in [0.25, 0.3) is 0 Å². The van der Waals surface area contributed by atoms with E-state index in [1.807, 2.05) is 0 Å². The Bertz CT molecular complexity index is 730. The van der Waals surface area contributed by atoms with E-state index in [2.05, 4.69) is 5.32 Å². The van der Waals surface area contributed by atoms with Crippen molar-refractivity contribution >= 4 is 28.2 Å². The number of nitrogens with one attached hydrogen (secondary N) is 1. The standard InChI is InChI=1S/C19H27FN2O3S.ClH/c1-14(13-26(24,25)18-6-4-16(20)5-7-18)19(23)22-10-8-17(9-11-22)21-12-15-2-3-15;/h4-7,14-15,17,21H,2-3,8-13H2,1H3;1H. The summed E-state index contributed by atoms with van der Waals surface area (Å²) in [5.74, 6) is -0.618. The highest BCUT2D eigenvalue weighted by Gasteiger charge is 2.30. The molecule has 2 fully saturated rings. The van der Waals surface area contributed by atoms with Gasteiger partial charge in [0.15, 0.2) is 9.84 Å². The molecular formula is C19H28ClFN2O3S. The number of hydrogen-bond acceptors (Lipinski definition) is 4. The zero-order valence-electron chi connectivity index (χ0n) is 15.6. The maximum Gasteiger partial charge on any atom is 0.226 e. The van der Waals surface area contributed by atoms with Gasteiger partial charge in [-0.2, -0.15) is 0 Å². The van der Waals surface area contributed by atoms with Gasteiger partial charge in [-0.1, -0.05) is 6.92 Å². The van der Waals surface area contributed by atoms with Gasteiger partial charge in [0.1, 0.15) is 5.82 Å². The van der Waals surface area contributed by atoms with Crippen molar-refractivity contribution in [2.75, 3.05) is 25.4 Å². The number of rotatable bonds is 7. The normalized spacial score (nSPS) is 19.4. The van der Waals surface area contributed by atoms with Crippen LogP contribution >= 0.6 is 12.4 Å². The van der Waals surface area contributed by atoms with Crippen LogP contribution in [0.4, 0.5) is 4.39 Å². The molecule has 1 aromatic carbocycles. The first kappa shape index (κ1) is 22.1. The third-order valence-corrected chi connectivity index (χ3v) is 7.19. The topological polar surface area (TPSA) is 66.5 Å². The summed E-state index contributed by atoms with van der Waals surface area (Å²) in [5, 5.41) is 3.57. The number of amides is 1. The lowest BCUT2D eigenvalue weighted by Gasteiger charge is -2.34. The Balaban J connectivity index is 0.00000261. The van der Waals surface area contributed by atoms with Crippen molar-refractivity contribution < 1.29 is 17.6 Å². The monoisotopic (exact) mass is 418 g/mol. The number of piperidine rings is 1. The first-order valence-electron chi connectivity index (χ1n) is 9.35. The summed E-state index contributed by atoms with van der Waals surface area (Å²) in [6, 6.07) is 5.20. The minimum absolute atomic E-state index is 0. The van der Waals surface area contributed by atoms with Gasteiger partial charge in [0.05, 0.1) is 10.6 Å². The molecule has 1 aromatic rings. The van der Waals surface area contributed by atoms with E-state index in [4.69, 9.17) is 0 Å². The van der Waals surface area contributed by atoms with Crippen molar-refractivity contribution in [2.24, 2.45) is 11.8 Å². The molecule has 0 bridgehead atoms. The smallest absolute Gasteiger partial charge is 0.226 e. The molecule has 1 saturated carbocycles. The molecule has 0 radical (unpaired) electrons. The summed E-state index contributed by atoms with van der Waals surface area (Å²) in [5.41, 5.74) is 0. The lowest BCUT2D eigenvalue weighted by atomic mass is 10.0. The average molecular weight is 419 g/mol. The predicted molar refractivity (Wildman–Crippen MR) is 105 cm³/mol. The number of hydrogen-bond donors (Lipinski definition) is 1. The zero-order chi connectivity index (χ0) is 18.7. The minimum atomic E-state index is -3.61. The van der Waals surface area contributed by atoms with Crippen LogP contribution in [0.3, 0.4) is 0 Å². The van der Waals surface area contributed by atoms with E-state index in [-0.39, 0.29) is 29.0 Å². The van der Waals surface area contributed by atoms with Crippen LogP contribution in [0.1, 0.15) is 32.6 Å². The molecular weight excluding hydrogens is 391 g/mol.